The van der Waals surface area contributed by atoms with E-state index in [9.17, 15) is 46.1 Å². The highest BCUT2D eigenvalue weighted by molar-refractivity contribution is 7.17. The Morgan fingerprint density at radius 2 is 1.62 bits per heavy atom. The van der Waals surface area contributed by atoms with Crippen molar-refractivity contribution >= 4 is 46.4 Å². The first-order chi connectivity index (χ1) is 16.9. The third-order valence-corrected chi connectivity index (χ3v) is 7.14. The predicted octanol–water partition coefficient (Wildman–Crippen LogP) is 5.02. The Hall–Kier alpha value is -2.13. The molecule has 0 fully saturated rings. The number of aliphatic hydroxyl groups is 2. The number of halogens is 8. The van der Waals surface area contributed by atoms with E-state index in [2.05, 4.69) is 10.3 Å². The number of benzene rings is 1. The zero-order valence-electron chi connectivity index (χ0n) is 19.4. The molecule has 1 atom stereocenters. The Morgan fingerprint density at radius 3 is 2.08 bits per heavy atom. The first-order valence-electron chi connectivity index (χ1n) is 10.5. The number of rotatable bonds is 8. The van der Waals surface area contributed by atoms with Crippen molar-refractivity contribution in [3.8, 4) is 10.4 Å². The van der Waals surface area contributed by atoms with Crippen molar-refractivity contribution in [1.82, 2.24) is 15.2 Å². The minimum atomic E-state index is -6.21. The minimum absolute atomic E-state index is 0.153. The Balaban J connectivity index is 2.77. The van der Waals surface area contributed by atoms with Crippen LogP contribution in [0.2, 0.25) is 10.0 Å². The van der Waals surface area contributed by atoms with Gasteiger partial charge in [0.25, 0.3) is 17.4 Å². The lowest BCUT2D eigenvalue weighted by atomic mass is 9.91. The highest BCUT2D eigenvalue weighted by Crippen LogP contribution is 2.54. The summed E-state index contributed by atoms with van der Waals surface area (Å²) in [5.41, 5.74) is -7.73. The van der Waals surface area contributed by atoms with Crippen LogP contribution in [-0.2, 0) is 5.60 Å². The fourth-order valence-corrected chi connectivity index (χ4v) is 4.81. The fourth-order valence-electron chi connectivity index (χ4n) is 3.19. The second-order valence-corrected chi connectivity index (χ2v) is 9.48. The lowest BCUT2D eigenvalue weighted by Crippen LogP contribution is -2.54. The van der Waals surface area contributed by atoms with E-state index in [0.29, 0.717) is 17.4 Å². The Bertz CT molecular complexity index is 1150. The molecule has 1 aromatic heterocycles. The zero-order valence-corrected chi connectivity index (χ0v) is 21.7. The van der Waals surface area contributed by atoms with Gasteiger partial charge in [-0.3, -0.25) is 9.59 Å². The standard InChI is InChI=1S/C21H21Cl2F6N3O4S/c1-4-32(5-2)18(35)14-15(37-17(31-14)16(34)30-8-9(3)33)10-6-7-11(13(23)12(10)22)19(36,20(24,25)26)21(27,28)29/h6-7,9,33,36H,4-5,8H2,1-3H3,(H,30,34). The van der Waals surface area contributed by atoms with E-state index in [1.807, 2.05) is 0 Å². The molecule has 2 aromatic rings. The van der Waals surface area contributed by atoms with Gasteiger partial charge in [0, 0.05) is 30.8 Å². The molecule has 1 unspecified atom stereocenters. The lowest BCUT2D eigenvalue weighted by molar-refractivity contribution is -0.376. The van der Waals surface area contributed by atoms with Crippen LogP contribution in [0.3, 0.4) is 0 Å². The van der Waals surface area contributed by atoms with Crippen LogP contribution < -0.4 is 5.32 Å². The van der Waals surface area contributed by atoms with Gasteiger partial charge in [-0.2, -0.15) is 26.3 Å². The quantitative estimate of drug-likeness (QED) is 0.372. The van der Waals surface area contributed by atoms with E-state index < -0.39 is 51.5 Å². The van der Waals surface area contributed by atoms with Gasteiger partial charge < -0.3 is 20.4 Å². The second-order valence-electron chi connectivity index (χ2n) is 7.73. The van der Waals surface area contributed by atoms with Gasteiger partial charge in [0.15, 0.2) is 5.01 Å². The van der Waals surface area contributed by atoms with Gasteiger partial charge in [0.2, 0.25) is 0 Å². The fraction of sp³-hybridized carbons (Fsp3) is 0.476. The summed E-state index contributed by atoms with van der Waals surface area (Å²) in [7, 11) is 0. The minimum Gasteiger partial charge on any atom is -0.392 e. The van der Waals surface area contributed by atoms with Gasteiger partial charge in [0.1, 0.15) is 5.69 Å². The molecule has 0 spiro atoms. The normalized spacial score (nSPS) is 13.4. The summed E-state index contributed by atoms with van der Waals surface area (Å²) < 4.78 is 80.3. The average molecular weight is 596 g/mol. The maximum atomic E-state index is 13.4. The molecule has 0 aliphatic carbocycles. The number of alkyl halides is 6. The molecule has 7 nitrogen and oxygen atoms in total. The molecule has 0 saturated carbocycles. The van der Waals surface area contributed by atoms with Crippen LogP contribution in [0.4, 0.5) is 26.3 Å². The molecule has 3 N–H and O–H groups in total. The summed E-state index contributed by atoms with van der Waals surface area (Å²) in [4.78, 5) is 30.8. The number of aromatic nitrogens is 1. The molecule has 1 aromatic carbocycles. The van der Waals surface area contributed by atoms with E-state index in [-0.39, 0.29) is 40.8 Å². The lowest BCUT2D eigenvalue weighted by Gasteiger charge is -2.33. The average Bonchev–Trinajstić information content (AvgIpc) is 3.23. The van der Waals surface area contributed by atoms with Gasteiger partial charge in [-0.1, -0.05) is 35.3 Å². The van der Waals surface area contributed by atoms with Crippen LogP contribution in [-0.4, -0.2) is 70.0 Å². The number of nitrogens with zero attached hydrogens (tertiary/aromatic N) is 2. The summed E-state index contributed by atoms with van der Waals surface area (Å²) in [5, 5.41) is 19.1. The number of amides is 2. The van der Waals surface area contributed by atoms with Gasteiger partial charge in [-0.25, -0.2) is 4.98 Å². The zero-order chi connectivity index (χ0) is 28.5. The molecular weight excluding hydrogens is 575 g/mol. The van der Waals surface area contributed by atoms with Crippen molar-refractivity contribution in [1.29, 1.82) is 0 Å². The van der Waals surface area contributed by atoms with Gasteiger partial charge >= 0.3 is 12.4 Å². The smallest absolute Gasteiger partial charge is 0.392 e. The predicted molar refractivity (Wildman–Crippen MR) is 125 cm³/mol. The van der Waals surface area contributed by atoms with Crippen LogP contribution in [0.25, 0.3) is 10.4 Å². The largest absolute Gasteiger partial charge is 0.430 e. The number of carbonyl (C=O) groups is 2. The third-order valence-electron chi connectivity index (χ3n) is 5.17. The van der Waals surface area contributed by atoms with E-state index in [1.54, 1.807) is 13.8 Å². The third kappa shape index (κ3) is 5.98. The first kappa shape index (κ1) is 31.1. The Morgan fingerprint density at radius 1 is 1.08 bits per heavy atom. The number of nitrogens with one attached hydrogen (secondary N) is 1. The monoisotopic (exact) mass is 595 g/mol. The molecule has 16 heteroatoms. The summed E-state index contributed by atoms with van der Waals surface area (Å²) >= 11 is 12.5. The summed E-state index contributed by atoms with van der Waals surface area (Å²) in [6.07, 6.45) is -13.3. The van der Waals surface area contributed by atoms with Crippen LogP contribution in [0.5, 0.6) is 0 Å². The summed E-state index contributed by atoms with van der Waals surface area (Å²) in [6, 6.07) is 1.01. The number of thiazole rings is 1. The van der Waals surface area contributed by atoms with Crippen molar-refractivity contribution in [2.24, 2.45) is 0 Å². The van der Waals surface area contributed by atoms with Crippen LogP contribution in [0.1, 0.15) is 46.6 Å². The molecule has 0 bridgehead atoms. The first-order valence-corrected chi connectivity index (χ1v) is 12.1. The highest BCUT2D eigenvalue weighted by atomic mass is 35.5. The maximum absolute atomic E-state index is 13.4. The summed E-state index contributed by atoms with van der Waals surface area (Å²) in [5.74, 6) is -1.49. The van der Waals surface area contributed by atoms with Gasteiger partial charge in [0.05, 0.1) is 21.0 Å². The molecule has 1 heterocycles. The number of hydrogen-bond acceptors (Lipinski definition) is 6. The Kier molecular flexibility index (Phi) is 9.51. The molecule has 37 heavy (non-hydrogen) atoms. The van der Waals surface area contributed by atoms with Crippen molar-refractivity contribution < 1.29 is 46.1 Å². The van der Waals surface area contributed by atoms with Crippen molar-refractivity contribution in [2.45, 2.75) is 44.8 Å². The molecule has 206 valence electrons. The molecule has 0 aliphatic heterocycles. The van der Waals surface area contributed by atoms with E-state index in [4.69, 9.17) is 23.2 Å². The molecule has 0 radical (unpaired) electrons. The van der Waals surface area contributed by atoms with E-state index >= 15 is 0 Å². The van der Waals surface area contributed by atoms with Crippen molar-refractivity contribution in [3.63, 3.8) is 0 Å². The SMILES string of the molecule is CCN(CC)C(=O)c1nc(C(=O)NCC(C)O)sc1-c1ccc(C(O)(C(F)(F)F)C(F)(F)F)c(Cl)c1Cl. The number of aliphatic hydroxyl groups excluding tert-OH is 1. The topological polar surface area (TPSA) is 103 Å². The number of carbonyl (C=O) groups excluding carboxylic acids is 2. The molecule has 2 amide bonds. The molecule has 2 rings (SSSR count). The maximum Gasteiger partial charge on any atom is 0.430 e. The molecular formula is C21H21Cl2F6N3O4S. The van der Waals surface area contributed by atoms with Crippen LogP contribution in [0, 0.1) is 0 Å². The summed E-state index contributed by atoms with van der Waals surface area (Å²) in [6.45, 7) is 4.97. The van der Waals surface area contributed by atoms with Gasteiger partial charge in [-0.15, -0.1) is 11.3 Å². The van der Waals surface area contributed by atoms with Crippen molar-refractivity contribution in [2.75, 3.05) is 19.6 Å². The molecule has 0 aliphatic rings. The molecule has 0 saturated heterocycles. The van der Waals surface area contributed by atoms with E-state index in [0.717, 1.165) is 6.07 Å². The number of hydrogen-bond donors (Lipinski definition) is 3. The second kappa shape index (κ2) is 11.3. The van der Waals surface area contributed by atoms with Crippen LogP contribution in [0.15, 0.2) is 12.1 Å². The van der Waals surface area contributed by atoms with Crippen LogP contribution >= 0.6 is 34.5 Å². The van der Waals surface area contributed by atoms with E-state index in [1.165, 1.54) is 11.8 Å². The van der Waals surface area contributed by atoms with Crippen molar-refractivity contribution in [3.05, 3.63) is 38.4 Å². The highest BCUT2D eigenvalue weighted by Gasteiger charge is 2.72. The Labute approximate surface area is 221 Å². The van der Waals surface area contributed by atoms with Gasteiger partial charge in [-0.05, 0) is 20.8 Å².